The highest BCUT2D eigenvalue weighted by atomic mass is 35.5. The summed E-state index contributed by atoms with van der Waals surface area (Å²) in [6, 6.07) is 9.60. The van der Waals surface area contributed by atoms with Crippen LogP contribution in [-0.2, 0) is 23.0 Å². The largest absolute Gasteiger partial charge is 0.466 e. The molecule has 0 aliphatic rings. The van der Waals surface area contributed by atoms with Crippen molar-refractivity contribution in [3.8, 4) is 0 Å². The lowest BCUT2D eigenvalue weighted by Crippen LogP contribution is -2.17. The summed E-state index contributed by atoms with van der Waals surface area (Å²) in [6.07, 6.45) is -0.236. The standard InChI is InChI=1S/C19H17ClFN3O3/c1-3-27-17(25)9-11-8-13(20)16(10-14(11)21)22-19(26)18-12-6-4-5-7-15(12)23-24(18)2/h4-8,10H,3,9H2,1-2H3,(H,22,26). The van der Waals surface area contributed by atoms with E-state index >= 15 is 0 Å². The molecule has 0 fully saturated rings. The Bertz CT molecular complexity index is 1030. The van der Waals surface area contributed by atoms with E-state index in [0.717, 1.165) is 6.07 Å². The van der Waals surface area contributed by atoms with E-state index in [2.05, 4.69) is 10.4 Å². The molecule has 0 unspecified atom stereocenters. The van der Waals surface area contributed by atoms with Gasteiger partial charge in [-0.15, -0.1) is 0 Å². The Labute approximate surface area is 159 Å². The SMILES string of the molecule is CCOC(=O)Cc1cc(Cl)c(NC(=O)c2c3ccccc3nn2C)cc1F. The number of nitrogens with zero attached hydrogens (tertiary/aromatic N) is 2. The molecular weight excluding hydrogens is 373 g/mol. The lowest BCUT2D eigenvalue weighted by Gasteiger charge is -2.11. The van der Waals surface area contributed by atoms with Crippen LogP contribution in [0.4, 0.5) is 10.1 Å². The van der Waals surface area contributed by atoms with Crippen LogP contribution in [-0.4, -0.2) is 28.3 Å². The summed E-state index contributed by atoms with van der Waals surface area (Å²) < 4.78 is 20.6. The number of benzene rings is 2. The van der Waals surface area contributed by atoms with Gasteiger partial charge in [0.1, 0.15) is 11.5 Å². The van der Waals surface area contributed by atoms with Crippen molar-refractivity contribution in [3.63, 3.8) is 0 Å². The summed E-state index contributed by atoms with van der Waals surface area (Å²) in [7, 11) is 1.65. The van der Waals surface area contributed by atoms with Gasteiger partial charge >= 0.3 is 5.97 Å². The molecule has 1 amide bonds. The van der Waals surface area contributed by atoms with Gasteiger partial charge in [-0.2, -0.15) is 5.10 Å². The van der Waals surface area contributed by atoms with Crippen molar-refractivity contribution in [2.45, 2.75) is 13.3 Å². The Kier molecular flexibility index (Phi) is 5.41. The maximum atomic E-state index is 14.3. The smallest absolute Gasteiger partial charge is 0.310 e. The molecule has 0 radical (unpaired) electrons. The number of amides is 1. The minimum atomic E-state index is -0.655. The molecule has 1 aromatic heterocycles. The zero-order valence-corrected chi connectivity index (χ0v) is 15.5. The van der Waals surface area contributed by atoms with Gasteiger partial charge in [-0.3, -0.25) is 14.3 Å². The zero-order valence-electron chi connectivity index (χ0n) is 14.8. The number of carbonyl (C=O) groups is 2. The third-order valence-electron chi connectivity index (χ3n) is 3.98. The number of hydrogen-bond donors (Lipinski definition) is 1. The first-order valence-electron chi connectivity index (χ1n) is 8.27. The van der Waals surface area contributed by atoms with Gasteiger partial charge < -0.3 is 10.1 Å². The number of carbonyl (C=O) groups excluding carboxylic acids is 2. The van der Waals surface area contributed by atoms with Crippen molar-refractivity contribution in [2.75, 3.05) is 11.9 Å². The maximum absolute atomic E-state index is 14.3. The van der Waals surface area contributed by atoms with Gasteiger partial charge in [-0.05, 0) is 25.1 Å². The summed E-state index contributed by atoms with van der Waals surface area (Å²) in [4.78, 5) is 24.2. The van der Waals surface area contributed by atoms with Crippen LogP contribution >= 0.6 is 11.6 Å². The van der Waals surface area contributed by atoms with Crippen molar-refractivity contribution in [3.05, 3.63) is 58.5 Å². The minimum absolute atomic E-state index is 0.0995. The quantitative estimate of drug-likeness (QED) is 0.675. The summed E-state index contributed by atoms with van der Waals surface area (Å²) in [5.74, 6) is -1.67. The molecule has 0 aliphatic carbocycles. The van der Waals surface area contributed by atoms with Crippen molar-refractivity contribution < 1.29 is 18.7 Å². The highest BCUT2D eigenvalue weighted by molar-refractivity contribution is 6.34. The van der Waals surface area contributed by atoms with Crippen LogP contribution in [0.25, 0.3) is 10.9 Å². The molecular formula is C19H17ClFN3O3. The van der Waals surface area contributed by atoms with E-state index in [4.69, 9.17) is 16.3 Å². The van der Waals surface area contributed by atoms with Crippen LogP contribution in [0.15, 0.2) is 36.4 Å². The van der Waals surface area contributed by atoms with Crippen molar-refractivity contribution in [1.29, 1.82) is 0 Å². The maximum Gasteiger partial charge on any atom is 0.310 e. The lowest BCUT2D eigenvalue weighted by atomic mass is 10.1. The predicted octanol–water partition coefficient (Wildman–Crippen LogP) is 3.72. The van der Waals surface area contributed by atoms with Crippen molar-refractivity contribution in [2.24, 2.45) is 7.05 Å². The van der Waals surface area contributed by atoms with E-state index < -0.39 is 17.7 Å². The highest BCUT2D eigenvalue weighted by Crippen LogP contribution is 2.27. The number of rotatable bonds is 5. The van der Waals surface area contributed by atoms with Gasteiger partial charge in [-0.1, -0.05) is 29.8 Å². The molecule has 6 nitrogen and oxygen atoms in total. The van der Waals surface area contributed by atoms with Gasteiger partial charge in [0, 0.05) is 18.0 Å². The minimum Gasteiger partial charge on any atom is -0.466 e. The van der Waals surface area contributed by atoms with Gasteiger partial charge in [0.15, 0.2) is 0 Å². The second-order valence-electron chi connectivity index (χ2n) is 5.85. The Balaban J connectivity index is 1.87. The highest BCUT2D eigenvalue weighted by Gasteiger charge is 2.19. The Morgan fingerprint density at radius 1 is 1.30 bits per heavy atom. The molecule has 0 spiro atoms. The summed E-state index contributed by atoms with van der Waals surface area (Å²) >= 11 is 6.17. The van der Waals surface area contributed by atoms with E-state index in [-0.39, 0.29) is 29.3 Å². The molecule has 27 heavy (non-hydrogen) atoms. The number of ether oxygens (including phenoxy) is 1. The van der Waals surface area contributed by atoms with E-state index in [0.29, 0.717) is 16.6 Å². The topological polar surface area (TPSA) is 73.2 Å². The fourth-order valence-electron chi connectivity index (χ4n) is 2.78. The number of anilines is 1. The average Bonchev–Trinajstić information content (AvgIpc) is 2.95. The zero-order chi connectivity index (χ0) is 19.6. The Hall–Kier alpha value is -2.93. The third-order valence-corrected chi connectivity index (χ3v) is 4.29. The van der Waals surface area contributed by atoms with Crippen LogP contribution in [0.5, 0.6) is 0 Å². The number of aromatic nitrogens is 2. The molecule has 140 valence electrons. The molecule has 0 bridgehead atoms. The van der Waals surface area contributed by atoms with Gasteiger partial charge in [0.25, 0.3) is 5.91 Å². The molecule has 2 aromatic carbocycles. The van der Waals surface area contributed by atoms with Crippen LogP contribution in [0.2, 0.25) is 5.02 Å². The molecule has 0 saturated carbocycles. The van der Waals surface area contributed by atoms with Crippen molar-refractivity contribution >= 4 is 40.1 Å². The second kappa shape index (κ2) is 7.75. The summed E-state index contributed by atoms with van der Waals surface area (Å²) in [6.45, 7) is 1.88. The summed E-state index contributed by atoms with van der Waals surface area (Å²) in [5.41, 5.74) is 1.21. The molecule has 1 heterocycles. The number of fused-ring (bicyclic) bond motifs is 1. The number of nitrogens with one attached hydrogen (secondary N) is 1. The first kappa shape index (κ1) is 18.8. The van der Waals surface area contributed by atoms with E-state index in [1.165, 1.54) is 10.7 Å². The second-order valence-corrected chi connectivity index (χ2v) is 6.26. The first-order chi connectivity index (χ1) is 12.9. The van der Waals surface area contributed by atoms with Gasteiger partial charge in [-0.25, -0.2) is 4.39 Å². The number of hydrogen-bond acceptors (Lipinski definition) is 4. The summed E-state index contributed by atoms with van der Waals surface area (Å²) in [5, 5.41) is 7.68. The predicted molar refractivity (Wildman–Crippen MR) is 100 cm³/mol. The Morgan fingerprint density at radius 2 is 2.04 bits per heavy atom. The molecule has 8 heteroatoms. The van der Waals surface area contributed by atoms with E-state index in [1.807, 2.05) is 6.07 Å². The number of halogens is 2. The van der Waals surface area contributed by atoms with E-state index in [9.17, 15) is 14.0 Å². The van der Waals surface area contributed by atoms with Crippen molar-refractivity contribution in [1.82, 2.24) is 9.78 Å². The average molecular weight is 390 g/mol. The fraction of sp³-hybridized carbons (Fsp3) is 0.211. The molecule has 0 saturated heterocycles. The number of aryl methyl sites for hydroxylation is 1. The monoisotopic (exact) mass is 389 g/mol. The van der Waals surface area contributed by atoms with Gasteiger partial charge in [0.2, 0.25) is 0 Å². The molecule has 3 aromatic rings. The molecule has 1 N–H and O–H groups in total. The molecule has 3 rings (SSSR count). The van der Waals surface area contributed by atoms with Gasteiger partial charge in [0.05, 0.1) is 29.3 Å². The number of esters is 1. The third kappa shape index (κ3) is 3.93. The lowest BCUT2D eigenvalue weighted by molar-refractivity contribution is -0.142. The normalized spacial score (nSPS) is 10.8. The Morgan fingerprint density at radius 3 is 2.78 bits per heavy atom. The molecule has 0 atom stereocenters. The van der Waals surface area contributed by atoms with Crippen LogP contribution in [0.3, 0.4) is 0 Å². The van der Waals surface area contributed by atoms with E-state index in [1.54, 1.807) is 32.2 Å². The van der Waals surface area contributed by atoms with Crippen LogP contribution in [0.1, 0.15) is 23.0 Å². The molecule has 0 aliphatic heterocycles. The van der Waals surface area contributed by atoms with Crippen LogP contribution < -0.4 is 5.32 Å². The van der Waals surface area contributed by atoms with Crippen LogP contribution in [0, 0.1) is 5.82 Å². The fourth-order valence-corrected chi connectivity index (χ4v) is 3.02. The first-order valence-corrected chi connectivity index (χ1v) is 8.65.